The fourth-order valence-electron chi connectivity index (χ4n) is 0. The van der Waals surface area contributed by atoms with Gasteiger partial charge in [0, 0.05) is 66.8 Å². The third-order valence-corrected chi connectivity index (χ3v) is 0. The maximum Gasteiger partial charge on any atom is 0 e. The zero-order valence-electron chi connectivity index (χ0n) is 2.78. The van der Waals surface area contributed by atoms with E-state index in [1.807, 2.05) is 0 Å². The Bertz CT molecular complexity index is 8.75. The van der Waals surface area contributed by atoms with Crippen molar-refractivity contribution in [3.05, 3.63) is 0 Å². The summed E-state index contributed by atoms with van der Waals surface area (Å²) in [6.07, 6.45) is 0. The molecular formula is H6Fe2O3Y. The summed E-state index contributed by atoms with van der Waals surface area (Å²) in [5.41, 5.74) is 0. The van der Waals surface area contributed by atoms with Crippen molar-refractivity contribution in [2.75, 3.05) is 0 Å². The van der Waals surface area contributed by atoms with Crippen LogP contribution in [0.5, 0.6) is 0 Å². The molecule has 0 aromatic heterocycles. The average molecular weight is 255 g/mol. The third kappa shape index (κ3) is 37.1. The molecule has 0 atom stereocenters. The van der Waals surface area contributed by atoms with Crippen LogP contribution >= 0.6 is 0 Å². The van der Waals surface area contributed by atoms with Crippen molar-refractivity contribution >= 4 is 0 Å². The van der Waals surface area contributed by atoms with Crippen molar-refractivity contribution in [2.24, 2.45) is 0 Å². The average Bonchev–Trinajstić information content (AvgIpc) is 0. The van der Waals surface area contributed by atoms with Crippen LogP contribution in [0.2, 0.25) is 0 Å². The van der Waals surface area contributed by atoms with Gasteiger partial charge in [-0.15, -0.1) is 0 Å². The van der Waals surface area contributed by atoms with Crippen LogP contribution in [-0.2, 0) is 66.8 Å². The smallest absolute Gasteiger partial charge is 0 e. The Kier molecular flexibility index (Phi) is 1000. The van der Waals surface area contributed by atoms with Crippen LogP contribution in [0.25, 0.3) is 0 Å². The van der Waals surface area contributed by atoms with Crippen molar-refractivity contribution in [1.82, 2.24) is 0 Å². The van der Waals surface area contributed by atoms with Crippen molar-refractivity contribution in [1.29, 1.82) is 0 Å². The van der Waals surface area contributed by atoms with E-state index in [4.69, 9.17) is 0 Å². The minimum Gasteiger partial charge on any atom is -0.412 e. The van der Waals surface area contributed by atoms with Crippen LogP contribution in [0, 0.1) is 0 Å². The Balaban J connectivity index is 0. The van der Waals surface area contributed by atoms with Gasteiger partial charge in [-0.1, -0.05) is 0 Å². The Labute approximate surface area is 82.4 Å². The standard InChI is InChI=1S/2Fe.3H2O.Y/h;;3*1H2;. The molecule has 6 N–H and O–H groups in total. The predicted octanol–water partition coefficient (Wildman–Crippen LogP) is -2.48. The van der Waals surface area contributed by atoms with Gasteiger partial charge in [-0.05, 0) is 0 Å². The van der Waals surface area contributed by atoms with E-state index in [9.17, 15) is 0 Å². The summed E-state index contributed by atoms with van der Waals surface area (Å²) in [5.74, 6) is 0. The monoisotopic (exact) mass is 255 g/mol. The second-order valence-electron chi connectivity index (χ2n) is 0. The number of hydrogen-bond acceptors (Lipinski definition) is 0. The van der Waals surface area contributed by atoms with E-state index in [-0.39, 0.29) is 83.3 Å². The van der Waals surface area contributed by atoms with Gasteiger partial charge in [0.2, 0.25) is 0 Å². The molecule has 6 heteroatoms. The summed E-state index contributed by atoms with van der Waals surface area (Å²) in [4.78, 5) is 0. The summed E-state index contributed by atoms with van der Waals surface area (Å²) in [6.45, 7) is 0. The maximum absolute atomic E-state index is 0. The minimum atomic E-state index is 0. The normalized spacial score (nSPS) is 0. The topological polar surface area (TPSA) is 94.5 Å². The van der Waals surface area contributed by atoms with Crippen molar-refractivity contribution < 1.29 is 83.3 Å². The molecule has 0 amide bonds. The van der Waals surface area contributed by atoms with E-state index in [1.165, 1.54) is 0 Å². The van der Waals surface area contributed by atoms with Gasteiger partial charge in [-0.3, -0.25) is 0 Å². The molecule has 0 aliphatic rings. The molecule has 0 heterocycles. The zero-order chi connectivity index (χ0) is 0. The van der Waals surface area contributed by atoms with Crippen LogP contribution in [-0.4, -0.2) is 16.4 Å². The van der Waals surface area contributed by atoms with Crippen molar-refractivity contribution in [2.45, 2.75) is 0 Å². The van der Waals surface area contributed by atoms with E-state index in [1.54, 1.807) is 0 Å². The summed E-state index contributed by atoms with van der Waals surface area (Å²) in [7, 11) is 0. The number of hydrogen-bond donors (Lipinski definition) is 0. The van der Waals surface area contributed by atoms with Crippen LogP contribution in [0.3, 0.4) is 0 Å². The van der Waals surface area contributed by atoms with Gasteiger partial charge >= 0.3 is 0 Å². The van der Waals surface area contributed by atoms with Gasteiger partial charge in [0.05, 0.1) is 0 Å². The minimum absolute atomic E-state index is 0. The summed E-state index contributed by atoms with van der Waals surface area (Å²) in [5, 5.41) is 0. The Hall–Kier alpha value is 2.02. The first-order valence-electron chi connectivity index (χ1n) is 0. The van der Waals surface area contributed by atoms with Gasteiger partial charge in [-0.25, -0.2) is 0 Å². The molecule has 0 aromatic rings. The fourth-order valence-corrected chi connectivity index (χ4v) is 0. The molecule has 0 aromatic carbocycles. The van der Waals surface area contributed by atoms with Crippen LogP contribution in [0.4, 0.5) is 0 Å². The quantitative estimate of drug-likeness (QED) is 0.428. The molecule has 0 saturated heterocycles. The maximum atomic E-state index is 0. The third-order valence-electron chi connectivity index (χ3n) is 0. The second kappa shape index (κ2) is 62.3. The molecule has 1 radical (unpaired) electrons. The van der Waals surface area contributed by atoms with Gasteiger partial charge in [0.1, 0.15) is 0 Å². The SMILES string of the molecule is O.O.O.[Fe].[Fe].[Y]. The molecular weight excluding hydrogens is 249 g/mol. The predicted molar refractivity (Wildman–Crippen MR) is 10.8 cm³/mol. The summed E-state index contributed by atoms with van der Waals surface area (Å²) >= 11 is 0. The first-order chi connectivity index (χ1) is 0. The molecule has 43 valence electrons. The molecule has 0 saturated carbocycles. The molecule has 0 rings (SSSR count). The zero-order valence-corrected chi connectivity index (χ0v) is 7.83. The second-order valence-corrected chi connectivity index (χ2v) is 0. The van der Waals surface area contributed by atoms with Crippen LogP contribution in [0.1, 0.15) is 0 Å². The molecule has 0 aliphatic heterocycles. The van der Waals surface area contributed by atoms with Crippen LogP contribution in [0.15, 0.2) is 0 Å². The Morgan fingerprint density at radius 2 is 0.500 bits per heavy atom. The first kappa shape index (κ1) is 96.7. The van der Waals surface area contributed by atoms with Crippen LogP contribution < -0.4 is 0 Å². The largest absolute Gasteiger partial charge is 0.412 e. The first-order valence-corrected chi connectivity index (χ1v) is 0. The van der Waals surface area contributed by atoms with Crippen molar-refractivity contribution in [3.8, 4) is 0 Å². The van der Waals surface area contributed by atoms with Gasteiger partial charge in [0.15, 0.2) is 0 Å². The molecule has 6 heavy (non-hydrogen) atoms. The van der Waals surface area contributed by atoms with E-state index in [2.05, 4.69) is 0 Å². The molecule has 3 nitrogen and oxygen atoms in total. The molecule has 0 bridgehead atoms. The molecule has 0 spiro atoms. The summed E-state index contributed by atoms with van der Waals surface area (Å²) < 4.78 is 0. The van der Waals surface area contributed by atoms with E-state index in [0.717, 1.165) is 0 Å². The van der Waals surface area contributed by atoms with E-state index in [0.29, 0.717) is 0 Å². The molecule has 0 aliphatic carbocycles. The van der Waals surface area contributed by atoms with E-state index >= 15 is 0 Å². The van der Waals surface area contributed by atoms with Gasteiger partial charge < -0.3 is 16.4 Å². The van der Waals surface area contributed by atoms with Gasteiger partial charge in [-0.2, -0.15) is 0 Å². The Morgan fingerprint density at radius 1 is 0.500 bits per heavy atom. The molecule has 0 fully saturated rings. The van der Waals surface area contributed by atoms with E-state index < -0.39 is 0 Å². The van der Waals surface area contributed by atoms with Crippen molar-refractivity contribution in [3.63, 3.8) is 0 Å². The number of rotatable bonds is 0. The Morgan fingerprint density at radius 3 is 0.500 bits per heavy atom. The van der Waals surface area contributed by atoms with Gasteiger partial charge in [0.25, 0.3) is 0 Å². The molecule has 0 unspecified atom stereocenters. The fraction of sp³-hybridized carbons (Fsp3) is 0. The summed E-state index contributed by atoms with van der Waals surface area (Å²) in [6, 6.07) is 0.